The minimum atomic E-state index is 0.00278. The van der Waals surface area contributed by atoms with Crippen molar-refractivity contribution in [3.63, 3.8) is 0 Å². The number of nitrogens with zero attached hydrogens (tertiary/aromatic N) is 3. The third-order valence-corrected chi connectivity index (χ3v) is 11.2. The lowest BCUT2D eigenvalue weighted by atomic mass is 9.60. The highest BCUT2D eigenvalue weighted by Gasteiger charge is 2.23. The van der Waals surface area contributed by atoms with Crippen molar-refractivity contribution in [3.05, 3.63) is 78.9 Å². The molecule has 0 unspecified atom stereocenters. The van der Waals surface area contributed by atoms with E-state index in [0.717, 1.165) is 21.9 Å². The normalized spacial score (nSPS) is 11.7. The van der Waals surface area contributed by atoms with Crippen LogP contribution >= 0.6 is 11.3 Å². The first kappa shape index (κ1) is 34.7. The molecule has 6 aromatic carbocycles. The summed E-state index contributed by atoms with van der Waals surface area (Å²) in [6.07, 6.45) is 0. The Bertz CT molecular complexity index is 2940. The molecule has 0 aliphatic heterocycles. The average Bonchev–Trinajstić information content (AvgIpc) is 3.76. The Morgan fingerprint density at radius 2 is 0.926 bits per heavy atom. The van der Waals surface area contributed by atoms with Crippen molar-refractivity contribution >= 4 is 187 Å². The molecule has 0 saturated carbocycles. The molecule has 0 amide bonds. The fraction of sp³-hybridized carbons (Fsp3) is 0. The number of para-hydroxylation sites is 1. The van der Waals surface area contributed by atoms with Crippen molar-refractivity contribution < 1.29 is 4.42 Å². The van der Waals surface area contributed by atoms with Crippen molar-refractivity contribution in [2.45, 2.75) is 0 Å². The number of fused-ring (bicyclic) bond motifs is 6. The maximum absolute atomic E-state index is 6.66. The van der Waals surface area contributed by atoms with Gasteiger partial charge in [0.15, 0.2) is 17.5 Å². The van der Waals surface area contributed by atoms with Crippen LogP contribution in [0.3, 0.4) is 0 Å². The van der Waals surface area contributed by atoms with Crippen LogP contribution in [0.1, 0.15) is 0 Å². The van der Waals surface area contributed by atoms with E-state index >= 15 is 0 Å². The van der Waals surface area contributed by atoms with Crippen LogP contribution in [0.5, 0.6) is 0 Å². The molecule has 0 aliphatic rings. The second-order valence-corrected chi connectivity index (χ2v) is 14.0. The van der Waals surface area contributed by atoms with Gasteiger partial charge in [-0.1, -0.05) is 76.4 Å². The van der Waals surface area contributed by atoms with E-state index < -0.39 is 0 Å². The first-order valence-corrected chi connectivity index (χ1v) is 17.4. The summed E-state index contributed by atoms with van der Waals surface area (Å²) in [6.45, 7) is 0. The summed E-state index contributed by atoms with van der Waals surface area (Å²) in [6, 6.07) is 26.7. The Morgan fingerprint density at radius 3 is 1.54 bits per heavy atom. The topological polar surface area (TPSA) is 51.8 Å². The lowest BCUT2D eigenvalue weighted by molar-refractivity contribution is 0.669. The van der Waals surface area contributed by atoms with Crippen LogP contribution in [0.25, 0.3) is 87.4 Å². The molecule has 20 radical (unpaired) electrons. The zero-order valence-electron chi connectivity index (χ0n) is 28.4. The molecule has 3 aromatic heterocycles. The fourth-order valence-electron chi connectivity index (χ4n) is 7.02. The number of furan rings is 1. The molecule has 226 valence electrons. The van der Waals surface area contributed by atoms with Crippen LogP contribution in [-0.4, -0.2) is 93.4 Å². The quantitative estimate of drug-likeness (QED) is 0.219. The van der Waals surface area contributed by atoms with Crippen LogP contribution in [0.15, 0.2) is 83.3 Å². The molecule has 9 aromatic rings. The number of aromatic nitrogens is 3. The molecule has 0 N–H and O–H groups in total. The molecule has 0 spiro atoms. The van der Waals surface area contributed by atoms with Gasteiger partial charge in [0.05, 0.1) is 5.56 Å². The zero-order valence-corrected chi connectivity index (χ0v) is 29.3. The van der Waals surface area contributed by atoms with Gasteiger partial charge in [-0.25, -0.2) is 15.0 Å². The molecule has 4 nitrogen and oxygen atoms in total. The van der Waals surface area contributed by atoms with Gasteiger partial charge in [0.25, 0.3) is 0 Å². The Balaban J connectivity index is 1.29. The number of hydrogen-bond acceptors (Lipinski definition) is 5. The highest BCUT2D eigenvalue weighted by atomic mass is 32.1. The van der Waals surface area contributed by atoms with E-state index in [0.29, 0.717) is 16.7 Å². The largest absolute Gasteiger partial charge is 0.455 e. The number of hydrogen-bond donors (Lipinski definition) is 0. The van der Waals surface area contributed by atoms with Crippen LogP contribution in [0.4, 0.5) is 0 Å². The monoisotopic (exact) mass is 681 g/mol. The molecule has 9 rings (SSSR count). The summed E-state index contributed by atoms with van der Waals surface area (Å²) in [7, 11) is 63.2. The highest BCUT2D eigenvalue weighted by Crippen LogP contribution is 2.42. The van der Waals surface area contributed by atoms with Gasteiger partial charge in [-0.3, -0.25) is 0 Å². The Kier molecular flexibility index (Phi) is 8.24. The molecule has 3 heterocycles. The maximum atomic E-state index is 6.66. The van der Waals surface area contributed by atoms with Crippen LogP contribution in [-0.2, 0) is 0 Å². The van der Waals surface area contributed by atoms with Crippen molar-refractivity contribution in [2.24, 2.45) is 0 Å². The third-order valence-electron chi connectivity index (χ3n) is 9.94. The third kappa shape index (κ3) is 5.15. The predicted molar refractivity (Wildman–Crippen MR) is 236 cm³/mol. The van der Waals surface area contributed by atoms with Crippen LogP contribution < -0.4 is 54.6 Å². The molecular weight excluding hydrogens is 667 g/mol. The summed E-state index contributed by atoms with van der Waals surface area (Å²) in [4.78, 5) is 14.4. The number of benzene rings is 6. The Labute approximate surface area is 328 Å². The predicted octanol–water partition coefficient (Wildman–Crippen LogP) is -1.26. The Hall–Kier alpha value is -5.00. The van der Waals surface area contributed by atoms with Gasteiger partial charge < -0.3 is 4.42 Å². The summed E-state index contributed by atoms with van der Waals surface area (Å²) < 4.78 is 9.08. The summed E-state index contributed by atoms with van der Waals surface area (Å²) in [5.74, 6) is 0.168. The SMILES string of the molecule is [B]c1c([B])c([B])c(-c2nc(-c3c([B])c([B])c([B])c([B])c3[B])nc(-c3cccc4c3oc3cc(-c5cccc6c5sc5ccccc56)ccc34)n2)c([B])c1[B]. The highest BCUT2D eigenvalue weighted by molar-refractivity contribution is 7.26. The molecule has 0 bridgehead atoms. The van der Waals surface area contributed by atoms with Crippen molar-refractivity contribution in [1.29, 1.82) is 0 Å². The first-order chi connectivity index (χ1) is 25.9. The molecule has 0 fully saturated rings. The van der Waals surface area contributed by atoms with Crippen LogP contribution in [0, 0.1) is 0 Å². The standard InChI is InChI=1S/C39H13B10N3OS/c40-25-23(26(41)30(45)33(48)29(25)44)38-50-37(51-39(52-38)24-27(42)31(46)34(49)32(47)28(24)43)20-9-4-7-18-16-12-11-14(13-21(16)53-35(18)20)15-6-3-8-19-17-5-1-2-10-22(17)54-36(15)19/h1-13H. The second-order valence-electron chi connectivity index (χ2n) is 13.0. The lowest BCUT2D eigenvalue weighted by Crippen LogP contribution is -2.55. The van der Waals surface area contributed by atoms with Gasteiger partial charge in [-0.15, -0.1) is 44.1 Å². The van der Waals surface area contributed by atoms with Crippen molar-refractivity contribution in [3.8, 4) is 45.3 Å². The Morgan fingerprint density at radius 1 is 0.426 bits per heavy atom. The molecule has 0 atom stereocenters. The van der Waals surface area contributed by atoms with Gasteiger partial charge in [-0.05, 0) is 35.4 Å². The molecule has 54 heavy (non-hydrogen) atoms. The number of rotatable bonds is 4. The van der Waals surface area contributed by atoms with Crippen molar-refractivity contribution in [1.82, 2.24) is 15.0 Å². The minimum Gasteiger partial charge on any atom is -0.455 e. The van der Waals surface area contributed by atoms with E-state index in [-0.39, 0.29) is 83.2 Å². The smallest absolute Gasteiger partial charge is 0.167 e. The maximum Gasteiger partial charge on any atom is 0.167 e. The number of thiophene rings is 1. The summed E-state index contributed by atoms with van der Waals surface area (Å²) in [5, 5.41) is 4.16. The molecule has 15 heteroatoms. The van der Waals surface area contributed by atoms with Gasteiger partial charge in [0.2, 0.25) is 0 Å². The van der Waals surface area contributed by atoms with Gasteiger partial charge in [0.1, 0.15) is 89.6 Å². The van der Waals surface area contributed by atoms with E-state index in [1.54, 1.807) is 11.3 Å². The van der Waals surface area contributed by atoms with Gasteiger partial charge >= 0.3 is 0 Å². The molecular formula is C39H13B10N3OS. The van der Waals surface area contributed by atoms with E-state index in [1.165, 1.54) is 20.2 Å². The summed E-state index contributed by atoms with van der Waals surface area (Å²) >= 11 is 1.77. The van der Waals surface area contributed by atoms with Gasteiger partial charge in [-0.2, -0.15) is 0 Å². The van der Waals surface area contributed by atoms with E-state index in [9.17, 15) is 0 Å². The average molecular weight is 680 g/mol. The van der Waals surface area contributed by atoms with Crippen molar-refractivity contribution in [2.75, 3.05) is 0 Å². The van der Waals surface area contributed by atoms with E-state index in [4.69, 9.17) is 97.8 Å². The summed E-state index contributed by atoms with van der Waals surface area (Å²) in [5.41, 5.74) is 4.29. The minimum absolute atomic E-state index is 0.00278. The fourth-order valence-corrected chi connectivity index (χ4v) is 8.26. The lowest BCUT2D eigenvalue weighted by Gasteiger charge is -2.22. The van der Waals surface area contributed by atoms with E-state index in [1.807, 2.05) is 24.3 Å². The molecule has 0 aliphatic carbocycles. The van der Waals surface area contributed by atoms with E-state index in [2.05, 4.69) is 54.6 Å². The second kappa shape index (κ2) is 12.8. The zero-order chi connectivity index (χ0) is 37.7. The molecule has 0 saturated heterocycles. The van der Waals surface area contributed by atoms with Gasteiger partial charge in [0, 0.05) is 42.1 Å². The first-order valence-electron chi connectivity index (χ1n) is 16.6. The van der Waals surface area contributed by atoms with Crippen LogP contribution in [0.2, 0.25) is 0 Å².